The SMILES string of the molecule is C[N+]1(C)[C@@H]2CC[C@H]1CC(OC(=O)Nc1c(F)cccc1-c1cccc(Cl)c1)C2.[Br-]. The fourth-order valence-electron chi connectivity index (χ4n) is 4.76. The molecule has 1 N–H and O–H groups in total. The Hall–Kier alpha value is -1.63. The van der Waals surface area contributed by atoms with Crippen molar-refractivity contribution in [3.8, 4) is 11.1 Å². The average Bonchev–Trinajstić information content (AvgIpc) is 2.81. The van der Waals surface area contributed by atoms with E-state index in [0.717, 1.165) is 22.9 Å². The van der Waals surface area contributed by atoms with Gasteiger partial charge in [-0.15, -0.1) is 0 Å². The molecule has 3 atom stereocenters. The van der Waals surface area contributed by atoms with Crippen LogP contribution in [0.1, 0.15) is 25.7 Å². The number of para-hydroxylation sites is 1. The van der Waals surface area contributed by atoms with Crippen molar-refractivity contribution >= 4 is 23.4 Å². The van der Waals surface area contributed by atoms with Gasteiger partial charge in [-0.1, -0.05) is 35.9 Å². The molecule has 2 aliphatic rings. The largest absolute Gasteiger partial charge is 1.00 e. The highest BCUT2D eigenvalue weighted by atomic mass is 79.9. The van der Waals surface area contributed by atoms with E-state index in [0.29, 0.717) is 22.7 Å². The Morgan fingerprint density at radius 3 is 2.45 bits per heavy atom. The van der Waals surface area contributed by atoms with Crippen LogP contribution in [0, 0.1) is 5.82 Å². The number of carbonyl (C=O) groups excluding carboxylic acids is 1. The smallest absolute Gasteiger partial charge is 0.412 e. The van der Waals surface area contributed by atoms with Crippen LogP contribution in [0.2, 0.25) is 5.02 Å². The molecule has 0 radical (unpaired) electrons. The first-order valence-electron chi connectivity index (χ1n) is 9.70. The summed E-state index contributed by atoms with van der Waals surface area (Å²) >= 11 is 6.07. The van der Waals surface area contributed by atoms with E-state index in [2.05, 4.69) is 19.4 Å². The monoisotopic (exact) mass is 482 g/mol. The molecule has 0 aliphatic carbocycles. The number of benzene rings is 2. The number of hydrogen-bond donors (Lipinski definition) is 1. The third-order valence-corrected chi connectivity index (χ3v) is 6.67. The minimum atomic E-state index is -0.606. The van der Waals surface area contributed by atoms with E-state index >= 15 is 0 Å². The molecule has 0 saturated carbocycles. The Bertz CT molecular complexity index is 892. The summed E-state index contributed by atoms with van der Waals surface area (Å²) in [5.74, 6) is -0.504. The minimum Gasteiger partial charge on any atom is -1.00 e. The van der Waals surface area contributed by atoms with Crippen molar-refractivity contribution in [2.75, 3.05) is 19.4 Å². The normalized spacial score (nSPS) is 24.5. The lowest BCUT2D eigenvalue weighted by Gasteiger charge is -2.43. The molecule has 0 aromatic heterocycles. The lowest BCUT2D eigenvalue weighted by molar-refractivity contribution is -0.931. The number of carbonyl (C=O) groups is 1. The second kappa shape index (κ2) is 8.62. The molecule has 1 amide bonds. The van der Waals surface area contributed by atoms with Gasteiger partial charge in [0, 0.05) is 36.3 Å². The van der Waals surface area contributed by atoms with E-state index in [9.17, 15) is 9.18 Å². The number of anilines is 1. The third-order valence-electron chi connectivity index (χ3n) is 6.44. The zero-order valence-corrected chi connectivity index (χ0v) is 18.8. The van der Waals surface area contributed by atoms with Crippen molar-refractivity contribution < 1.29 is 35.4 Å². The molecule has 2 bridgehead atoms. The lowest BCUT2D eigenvalue weighted by Crippen LogP contribution is -3.00. The van der Waals surface area contributed by atoms with E-state index < -0.39 is 11.9 Å². The summed E-state index contributed by atoms with van der Waals surface area (Å²) in [4.78, 5) is 12.5. The predicted molar refractivity (Wildman–Crippen MR) is 109 cm³/mol. The summed E-state index contributed by atoms with van der Waals surface area (Å²) in [7, 11) is 4.52. The van der Waals surface area contributed by atoms with Gasteiger partial charge < -0.3 is 26.2 Å². The Morgan fingerprint density at radius 2 is 1.79 bits per heavy atom. The summed E-state index contributed by atoms with van der Waals surface area (Å²) < 4.78 is 21.2. The molecule has 2 saturated heterocycles. The fourth-order valence-corrected chi connectivity index (χ4v) is 4.95. The first-order valence-corrected chi connectivity index (χ1v) is 10.1. The first-order chi connectivity index (χ1) is 13.3. The quantitative estimate of drug-likeness (QED) is 0.681. The molecule has 29 heavy (non-hydrogen) atoms. The number of nitrogens with one attached hydrogen (secondary N) is 1. The van der Waals surface area contributed by atoms with Crippen LogP contribution in [0.4, 0.5) is 14.9 Å². The molecule has 2 fully saturated rings. The maximum absolute atomic E-state index is 14.5. The van der Waals surface area contributed by atoms with Gasteiger partial charge in [0.1, 0.15) is 11.9 Å². The predicted octanol–water partition coefficient (Wildman–Crippen LogP) is 2.47. The number of halogens is 3. The van der Waals surface area contributed by atoms with Gasteiger partial charge in [0.05, 0.1) is 31.9 Å². The molecule has 4 rings (SSSR count). The molecule has 156 valence electrons. The second-order valence-electron chi connectivity index (χ2n) is 8.31. The van der Waals surface area contributed by atoms with Crippen LogP contribution < -0.4 is 22.3 Å². The Balaban J connectivity index is 0.00000240. The van der Waals surface area contributed by atoms with Crippen LogP contribution in [0.3, 0.4) is 0 Å². The number of fused-ring (bicyclic) bond motifs is 2. The van der Waals surface area contributed by atoms with Crippen LogP contribution in [0.25, 0.3) is 11.1 Å². The van der Waals surface area contributed by atoms with E-state index in [1.54, 1.807) is 30.3 Å². The highest BCUT2D eigenvalue weighted by molar-refractivity contribution is 6.30. The first kappa shape index (κ1) is 22.1. The molecule has 2 aromatic carbocycles. The van der Waals surface area contributed by atoms with Gasteiger partial charge in [-0.25, -0.2) is 9.18 Å². The highest BCUT2D eigenvalue weighted by Crippen LogP contribution is 2.40. The van der Waals surface area contributed by atoms with E-state index in [1.165, 1.54) is 18.9 Å². The van der Waals surface area contributed by atoms with Gasteiger partial charge in [-0.2, -0.15) is 0 Å². The van der Waals surface area contributed by atoms with Crippen molar-refractivity contribution in [1.82, 2.24) is 0 Å². The van der Waals surface area contributed by atoms with Gasteiger partial charge in [0.2, 0.25) is 0 Å². The van der Waals surface area contributed by atoms with Crippen LogP contribution >= 0.6 is 11.6 Å². The minimum absolute atomic E-state index is 0. The Morgan fingerprint density at radius 1 is 1.14 bits per heavy atom. The topological polar surface area (TPSA) is 38.3 Å². The standard InChI is InChI=1S/C22H24ClFN2O2.BrH/c1-26(2)16-9-10-17(26)13-18(12-16)28-22(27)25-21-19(7-4-8-20(21)24)14-5-3-6-15(23)11-14;/h3-8,11,16-18H,9-10,12-13H2,1-2H3;1H/t16-,17+,18?;. The maximum atomic E-state index is 14.5. The third kappa shape index (κ3) is 4.44. The fraction of sp³-hybridized carbons (Fsp3) is 0.409. The number of piperidine rings is 1. The zero-order chi connectivity index (χ0) is 19.9. The van der Waals surface area contributed by atoms with Crippen molar-refractivity contribution in [2.45, 2.75) is 43.9 Å². The van der Waals surface area contributed by atoms with Gasteiger partial charge in [-0.05, 0) is 23.8 Å². The Labute approximate surface area is 186 Å². The molecule has 2 aliphatic heterocycles. The molecule has 1 unspecified atom stereocenters. The number of hydrogen-bond acceptors (Lipinski definition) is 2. The van der Waals surface area contributed by atoms with Crippen molar-refractivity contribution in [3.05, 3.63) is 53.3 Å². The molecule has 7 heteroatoms. The molecular weight excluding hydrogens is 459 g/mol. The zero-order valence-electron chi connectivity index (χ0n) is 16.5. The summed E-state index contributed by atoms with van der Waals surface area (Å²) in [5.41, 5.74) is 1.42. The van der Waals surface area contributed by atoms with Crippen molar-refractivity contribution in [2.24, 2.45) is 0 Å². The lowest BCUT2D eigenvalue weighted by atomic mass is 9.98. The number of rotatable bonds is 3. The summed E-state index contributed by atoms with van der Waals surface area (Å²) in [6.07, 6.45) is 3.33. The van der Waals surface area contributed by atoms with Crippen LogP contribution in [0.15, 0.2) is 42.5 Å². The maximum Gasteiger partial charge on any atom is 0.412 e. The van der Waals surface area contributed by atoms with Crippen molar-refractivity contribution in [3.63, 3.8) is 0 Å². The Kier molecular flexibility index (Phi) is 6.56. The molecule has 2 heterocycles. The number of amides is 1. The second-order valence-corrected chi connectivity index (χ2v) is 8.75. The molecule has 0 spiro atoms. The van der Waals surface area contributed by atoms with Crippen LogP contribution in [-0.2, 0) is 4.74 Å². The molecule has 4 nitrogen and oxygen atoms in total. The number of quaternary nitrogens is 1. The van der Waals surface area contributed by atoms with Crippen LogP contribution in [0.5, 0.6) is 0 Å². The van der Waals surface area contributed by atoms with Gasteiger partial charge in [0.15, 0.2) is 0 Å². The van der Waals surface area contributed by atoms with E-state index in [4.69, 9.17) is 16.3 Å². The van der Waals surface area contributed by atoms with Gasteiger partial charge >= 0.3 is 6.09 Å². The number of nitrogens with zero attached hydrogens (tertiary/aromatic N) is 1. The number of ether oxygens (including phenoxy) is 1. The van der Waals surface area contributed by atoms with Gasteiger partial charge in [-0.3, -0.25) is 5.32 Å². The molecule has 2 aromatic rings. The highest BCUT2D eigenvalue weighted by Gasteiger charge is 2.49. The summed E-state index contributed by atoms with van der Waals surface area (Å²) in [6, 6.07) is 12.9. The average molecular weight is 484 g/mol. The van der Waals surface area contributed by atoms with Crippen LogP contribution in [-0.4, -0.2) is 42.9 Å². The summed E-state index contributed by atoms with van der Waals surface area (Å²) in [6.45, 7) is 0. The summed E-state index contributed by atoms with van der Waals surface area (Å²) in [5, 5.41) is 3.18. The molecular formula is C22H25BrClFN2O2. The van der Waals surface area contributed by atoms with E-state index in [1.807, 2.05) is 6.07 Å². The van der Waals surface area contributed by atoms with Crippen molar-refractivity contribution in [1.29, 1.82) is 0 Å². The van der Waals surface area contributed by atoms with E-state index in [-0.39, 0.29) is 28.8 Å². The van der Waals surface area contributed by atoms with Gasteiger partial charge in [0.25, 0.3) is 0 Å².